The molecule has 19 heavy (non-hydrogen) atoms. The van der Waals surface area contributed by atoms with Crippen molar-refractivity contribution in [2.45, 2.75) is 26.7 Å². The molecule has 1 rings (SSSR count). The van der Waals surface area contributed by atoms with Crippen LogP contribution >= 0.6 is 11.6 Å². The van der Waals surface area contributed by atoms with Crippen molar-refractivity contribution >= 4 is 27.4 Å². The Labute approximate surface area is 119 Å². The van der Waals surface area contributed by atoms with Crippen molar-refractivity contribution in [1.29, 1.82) is 0 Å². The van der Waals surface area contributed by atoms with Crippen LogP contribution in [-0.2, 0) is 16.4 Å². The molecule has 1 aromatic rings. The second kappa shape index (κ2) is 7.02. The number of anilines is 1. The van der Waals surface area contributed by atoms with Crippen molar-refractivity contribution in [3.8, 4) is 0 Å². The minimum atomic E-state index is -3.22. The molecule has 0 amide bonds. The first-order valence-electron chi connectivity index (χ1n) is 6.07. The van der Waals surface area contributed by atoms with Crippen molar-refractivity contribution in [1.82, 2.24) is 14.7 Å². The molecular formula is C11H19ClN4O2S. The van der Waals surface area contributed by atoms with Crippen LogP contribution in [0.25, 0.3) is 0 Å². The molecule has 0 aliphatic heterocycles. The summed E-state index contributed by atoms with van der Waals surface area (Å²) in [6, 6.07) is 0. The van der Waals surface area contributed by atoms with Gasteiger partial charge >= 0.3 is 0 Å². The molecule has 1 heterocycles. The number of rotatable bonds is 7. The summed E-state index contributed by atoms with van der Waals surface area (Å²) >= 11 is 6.03. The zero-order valence-electron chi connectivity index (χ0n) is 11.3. The van der Waals surface area contributed by atoms with Crippen molar-refractivity contribution in [3.05, 3.63) is 16.5 Å². The molecule has 0 aliphatic carbocycles. The van der Waals surface area contributed by atoms with Gasteiger partial charge in [-0.05, 0) is 20.4 Å². The van der Waals surface area contributed by atoms with Gasteiger partial charge in [0.15, 0.2) is 0 Å². The second-order valence-corrected chi connectivity index (χ2v) is 6.51. The highest BCUT2D eigenvalue weighted by Gasteiger charge is 2.11. The summed E-state index contributed by atoms with van der Waals surface area (Å²) in [7, 11) is -1.83. The van der Waals surface area contributed by atoms with E-state index in [4.69, 9.17) is 11.6 Å². The van der Waals surface area contributed by atoms with Gasteiger partial charge in [0.2, 0.25) is 10.0 Å². The third-order valence-electron chi connectivity index (χ3n) is 2.58. The summed E-state index contributed by atoms with van der Waals surface area (Å²) in [5, 5.41) is 3.39. The second-order valence-electron chi connectivity index (χ2n) is 4.10. The molecule has 2 N–H and O–H groups in total. The zero-order chi connectivity index (χ0) is 14.5. The first-order chi connectivity index (χ1) is 8.89. The van der Waals surface area contributed by atoms with E-state index in [9.17, 15) is 8.42 Å². The minimum absolute atomic E-state index is 0.0202. The third-order valence-corrected chi connectivity index (χ3v) is 4.31. The molecule has 0 spiro atoms. The SMILES string of the molecule is CCCc1nc(Cl)c(C)c(NCCS(=O)(=O)NC)n1. The van der Waals surface area contributed by atoms with E-state index in [-0.39, 0.29) is 12.3 Å². The molecule has 8 heteroatoms. The smallest absolute Gasteiger partial charge is 0.213 e. The molecule has 0 saturated carbocycles. The molecule has 0 atom stereocenters. The lowest BCUT2D eigenvalue weighted by Gasteiger charge is -2.11. The Hall–Kier alpha value is -0.920. The fourth-order valence-electron chi connectivity index (χ4n) is 1.45. The lowest BCUT2D eigenvalue weighted by molar-refractivity contribution is 0.588. The topological polar surface area (TPSA) is 84.0 Å². The maximum Gasteiger partial charge on any atom is 0.213 e. The highest BCUT2D eigenvalue weighted by atomic mass is 35.5. The van der Waals surface area contributed by atoms with Crippen LogP contribution in [0.3, 0.4) is 0 Å². The summed E-state index contributed by atoms with van der Waals surface area (Å²) in [4.78, 5) is 8.53. The van der Waals surface area contributed by atoms with Gasteiger partial charge in [-0.15, -0.1) is 0 Å². The molecule has 0 fully saturated rings. The summed E-state index contributed by atoms with van der Waals surface area (Å²) < 4.78 is 24.9. The van der Waals surface area contributed by atoms with Gasteiger partial charge in [0.1, 0.15) is 16.8 Å². The summed E-state index contributed by atoms with van der Waals surface area (Å²) in [5.74, 6) is 1.24. The van der Waals surface area contributed by atoms with Crippen molar-refractivity contribution in [3.63, 3.8) is 0 Å². The van der Waals surface area contributed by atoms with Gasteiger partial charge in [-0.1, -0.05) is 18.5 Å². The van der Waals surface area contributed by atoms with Gasteiger partial charge in [0, 0.05) is 18.5 Å². The van der Waals surface area contributed by atoms with Crippen LogP contribution < -0.4 is 10.0 Å². The molecular weight excluding hydrogens is 288 g/mol. The van der Waals surface area contributed by atoms with E-state index in [2.05, 4.69) is 20.0 Å². The number of halogens is 1. The Bertz CT molecular complexity index is 534. The van der Waals surface area contributed by atoms with Crippen LogP contribution in [0.2, 0.25) is 5.15 Å². The van der Waals surface area contributed by atoms with E-state index >= 15 is 0 Å². The first kappa shape index (κ1) is 16.1. The summed E-state index contributed by atoms with van der Waals surface area (Å²) in [6.45, 7) is 4.10. The molecule has 0 unspecified atom stereocenters. The molecule has 0 aromatic carbocycles. The van der Waals surface area contributed by atoms with Gasteiger partial charge in [0.05, 0.1) is 5.75 Å². The molecule has 0 saturated heterocycles. The van der Waals surface area contributed by atoms with Gasteiger partial charge in [-0.3, -0.25) is 0 Å². The molecule has 108 valence electrons. The third kappa shape index (κ3) is 4.93. The largest absolute Gasteiger partial charge is 0.369 e. The van der Waals surface area contributed by atoms with E-state index in [1.807, 2.05) is 6.92 Å². The minimum Gasteiger partial charge on any atom is -0.369 e. The standard InChI is InChI=1S/C11H19ClN4O2S/c1-4-5-9-15-10(12)8(2)11(16-9)14-6-7-19(17,18)13-3/h13H,4-7H2,1-3H3,(H,14,15,16). The Morgan fingerprint density at radius 1 is 1.32 bits per heavy atom. The van der Waals surface area contributed by atoms with Gasteiger partial charge in [-0.25, -0.2) is 23.1 Å². The molecule has 0 bridgehead atoms. The zero-order valence-corrected chi connectivity index (χ0v) is 12.9. The van der Waals surface area contributed by atoms with Crippen LogP contribution in [0.1, 0.15) is 24.7 Å². The molecule has 0 aliphatic rings. The van der Waals surface area contributed by atoms with Crippen LogP contribution in [0.15, 0.2) is 0 Å². The average molecular weight is 307 g/mol. The van der Waals surface area contributed by atoms with E-state index in [0.29, 0.717) is 16.8 Å². The fraction of sp³-hybridized carbons (Fsp3) is 0.636. The highest BCUT2D eigenvalue weighted by molar-refractivity contribution is 7.89. The number of nitrogens with one attached hydrogen (secondary N) is 2. The number of aromatic nitrogens is 2. The summed E-state index contributed by atoms with van der Waals surface area (Å²) in [6.07, 6.45) is 1.66. The maximum absolute atomic E-state index is 11.3. The van der Waals surface area contributed by atoms with Crippen LogP contribution in [0, 0.1) is 6.92 Å². The van der Waals surface area contributed by atoms with E-state index in [1.165, 1.54) is 7.05 Å². The molecule has 1 aromatic heterocycles. The number of hydrogen-bond acceptors (Lipinski definition) is 5. The van der Waals surface area contributed by atoms with E-state index in [1.54, 1.807) is 6.92 Å². The van der Waals surface area contributed by atoms with E-state index in [0.717, 1.165) is 18.4 Å². The lowest BCUT2D eigenvalue weighted by Crippen LogP contribution is -2.26. The van der Waals surface area contributed by atoms with Gasteiger partial charge < -0.3 is 5.32 Å². The number of aryl methyl sites for hydroxylation is 1. The van der Waals surface area contributed by atoms with Gasteiger partial charge in [-0.2, -0.15) is 0 Å². The van der Waals surface area contributed by atoms with Crippen molar-refractivity contribution in [2.24, 2.45) is 0 Å². The van der Waals surface area contributed by atoms with Crippen molar-refractivity contribution in [2.75, 3.05) is 24.7 Å². The Morgan fingerprint density at radius 3 is 2.58 bits per heavy atom. The number of sulfonamides is 1. The van der Waals surface area contributed by atoms with Gasteiger partial charge in [0.25, 0.3) is 0 Å². The Kier molecular flexibility index (Phi) is 5.96. The molecule has 0 radical (unpaired) electrons. The number of hydrogen-bond donors (Lipinski definition) is 2. The fourth-order valence-corrected chi connectivity index (χ4v) is 2.21. The van der Waals surface area contributed by atoms with Crippen LogP contribution in [0.4, 0.5) is 5.82 Å². The normalized spacial score (nSPS) is 11.6. The Morgan fingerprint density at radius 2 is 2.00 bits per heavy atom. The number of nitrogens with zero attached hydrogens (tertiary/aromatic N) is 2. The monoisotopic (exact) mass is 306 g/mol. The molecule has 6 nitrogen and oxygen atoms in total. The predicted molar refractivity (Wildman–Crippen MR) is 77.1 cm³/mol. The summed E-state index contributed by atoms with van der Waals surface area (Å²) in [5.41, 5.74) is 0.725. The van der Waals surface area contributed by atoms with Crippen LogP contribution in [-0.4, -0.2) is 37.7 Å². The first-order valence-corrected chi connectivity index (χ1v) is 8.10. The lowest BCUT2D eigenvalue weighted by atomic mass is 10.3. The van der Waals surface area contributed by atoms with Crippen molar-refractivity contribution < 1.29 is 8.42 Å². The quantitative estimate of drug-likeness (QED) is 0.743. The van der Waals surface area contributed by atoms with Crippen LogP contribution in [0.5, 0.6) is 0 Å². The van der Waals surface area contributed by atoms with E-state index < -0.39 is 10.0 Å². The highest BCUT2D eigenvalue weighted by Crippen LogP contribution is 2.20. The average Bonchev–Trinajstić information content (AvgIpc) is 2.35. The maximum atomic E-state index is 11.3. The predicted octanol–water partition coefficient (Wildman–Crippen LogP) is 1.35. The Balaban J connectivity index is 2.77.